The SMILES string of the molecule is Cc1ccc2nc(N)n(-c3cccc(I)c3)c2c1. The summed E-state index contributed by atoms with van der Waals surface area (Å²) < 4.78 is 3.17. The third-order valence-corrected chi connectivity index (χ3v) is 3.57. The van der Waals surface area contributed by atoms with Crippen molar-refractivity contribution in [2.75, 3.05) is 5.73 Å². The highest BCUT2D eigenvalue weighted by Crippen LogP contribution is 2.24. The molecule has 0 atom stereocenters. The molecule has 0 spiro atoms. The highest BCUT2D eigenvalue weighted by atomic mass is 127. The topological polar surface area (TPSA) is 43.8 Å². The smallest absolute Gasteiger partial charge is 0.205 e. The lowest BCUT2D eigenvalue weighted by Crippen LogP contribution is -2.00. The molecule has 4 heteroatoms. The van der Waals surface area contributed by atoms with Crippen LogP contribution in [-0.2, 0) is 0 Å². The Balaban J connectivity index is 2.34. The average Bonchev–Trinajstić information content (AvgIpc) is 2.64. The molecule has 2 N–H and O–H groups in total. The number of nitrogens with zero attached hydrogens (tertiary/aromatic N) is 2. The van der Waals surface area contributed by atoms with Crippen LogP contribution in [0.5, 0.6) is 0 Å². The first-order chi connectivity index (χ1) is 8.65. The summed E-state index contributed by atoms with van der Waals surface area (Å²) in [6, 6.07) is 14.4. The number of benzene rings is 2. The van der Waals surface area contributed by atoms with E-state index in [0.29, 0.717) is 5.95 Å². The number of imidazole rings is 1. The van der Waals surface area contributed by atoms with Gasteiger partial charge in [0.05, 0.1) is 16.7 Å². The van der Waals surface area contributed by atoms with Crippen LogP contribution < -0.4 is 5.73 Å². The minimum absolute atomic E-state index is 0.526. The highest BCUT2D eigenvalue weighted by Gasteiger charge is 2.09. The summed E-state index contributed by atoms with van der Waals surface area (Å²) in [5, 5.41) is 0. The number of nitrogens with two attached hydrogens (primary N) is 1. The third-order valence-electron chi connectivity index (χ3n) is 2.90. The van der Waals surface area contributed by atoms with E-state index in [-0.39, 0.29) is 0 Å². The summed E-state index contributed by atoms with van der Waals surface area (Å²) in [7, 11) is 0. The number of hydrogen-bond donors (Lipinski definition) is 1. The predicted molar refractivity (Wildman–Crippen MR) is 82.9 cm³/mol. The van der Waals surface area contributed by atoms with Gasteiger partial charge in [-0.2, -0.15) is 0 Å². The van der Waals surface area contributed by atoms with Gasteiger partial charge in [0.2, 0.25) is 5.95 Å². The molecule has 3 rings (SSSR count). The Morgan fingerprint density at radius 1 is 1.17 bits per heavy atom. The van der Waals surface area contributed by atoms with Gasteiger partial charge in [0, 0.05) is 3.57 Å². The Morgan fingerprint density at radius 3 is 2.78 bits per heavy atom. The van der Waals surface area contributed by atoms with Gasteiger partial charge in [-0.15, -0.1) is 0 Å². The average molecular weight is 349 g/mol. The van der Waals surface area contributed by atoms with Gasteiger partial charge in [0.25, 0.3) is 0 Å². The largest absolute Gasteiger partial charge is 0.369 e. The molecule has 0 saturated carbocycles. The number of anilines is 1. The van der Waals surface area contributed by atoms with Gasteiger partial charge >= 0.3 is 0 Å². The van der Waals surface area contributed by atoms with Gasteiger partial charge in [-0.3, -0.25) is 4.57 Å². The Hall–Kier alpha value is -1.56. The van der Waals surface area contributed by atoms with Crippen molar-refractivity contribution in [1.29, 1.82) is 0 Å². The van der Waals surface area contributed by atoms with E-state index < -0.39 is 0 Å². The van der Waals surface area contributed by atoms with Crippen molar-refractivity contribution in [3.05, 3.63) is 51.6 Å². The maximum atomic E-state index is 6.03. The first-order valence-electron chi connectivity index (χ1n) is 5.66. The number of nitrogen functional groups attached to an aromatic ring is 1. The zero-order chi connectivity index (χ0) is 12.7. The van der Waals surface area contributed by atoms with Crippen LogP contribution in [0.3, 0.4) is 0 Å². The fraction of sp³-hybridized carbons (Fsp3) is 0.0714. The maximum absolute atomic E-state index is 6.03. The molecular formula is C14H12IN3. The summed E-state index contributed by atoms with van der Waals surface area (Å²) in [6.45, 7) is 2.07. The molecule has 3 aromatic rings. The molecule has 1 aromatic heterocycles. The minimum Gasteiger partial charge on any atom is -0.369 e. The van der Waals surface area contributed by atoms with Crippen molar-refractivity contribution in [2.24, 2.45) is 0 Å². The lowest BCUT2D eigenvalue weighted by Gasteiger charge is -2.07. The number of fused-ring (bicyclic) bond motifs is 1. The Morgan fingerprint density at radius 2 is 2.00 bits per heavy atom. The van der Waals surface area contributed by atoms with E-state index in [1.54, 1.807) is 0 Å². The van der Waals surface area contributed by atoms with Crippen molar-refractivity contribution < 1.29 is 0 Å². The Labute approximate surface area is 119 Å². The molecule has 0 amide bonds. The number of hydrogen-bond acceptors (Lipinski definition) is 2. The molecule has 0 aliphatic rings. The van der Waals surface area contributed by atoms with E-state index in [9.17, 15) is 0 Å². The predicted octanol–water partition coefficient (Wildman–Crippen LogP) is 3.52. The second-order valence-corrected chi connectivity index (χ2v) is 5.52. The van der Waals surface area contributed by atoms with Crippen molar-refractivity contribution in [2.45, 2.75) is 6.92 Å². The molecule has 18 heavy (non-hydrogen) atoms. The van der Waals surface area contributed by atoms with Gasteiger partial charge in [-0.1, -0.05) is 12.1 Å². The van der Waals surface area contributed by atoms with E-state index in [1.807, 2.05) is 28.8 Å². The van der Waals surface area contributed by atoms with Crippen LogP contribution in [0, 0.1) is 10.5 Å². The van der Waals surface area contributed by atoms with Crippen LogP contribution in [0.2, 0.25) is 0 Å². The number of aromatic nitrogens is 2. The molecular weight excluding hydrogens is 337 g/mol. The molecule has 0 fully saturated rings. The lowest BCUT2D eigenvalue weighted by molar-refractivity contribution is 1.11. The zero-order valence-corrected chi connectivity index (χ0v) is 12.0. The Bertz CT molecular complexity index is 731. The third kappa shape index (κ3) is 1.86. The van der Waals surface area contributed by atoms with Crippen LogP contribution in [0.4, 0.5) is 5.95 Å². The number of rotatable bonds is 1. The van der Waals surface area contributed by atoms with E-state index >= 15 is 0 Å². The van der Waals surface area contributed by atoms with Crippen LogP contribution in [0.25, 0.3) is 16.7 Å². The van der Waals surface area contributed by atoms with Gasteiger partial charge in [-0.05, 0) is 65.4 Å². The van der Waals surface area contributed by atoms with Crippen LogP contribution in [-0.4, -0.2) is 9.55 Å². The molecule has 1 heterocycles. The molecule has 2 aromatic carbocycles. The maximum Gasteiger partial charge on any atom is 0.205 e. The molecule has 0 aliphatic heterocycles. The molecule has 3 nitrogen and oxygen atoms in total. The normalized spacial score (nSPS) is 11.0. The van der Waals surface area contributed by atoms with E-state index in [4.69, 9.17) is 5.73 Å². The Kier molecular flexibility index (Phi) is 2.74. The molecule has 90 valence electrons. The van der Waals surface area contributed by atoms with Gasteiger partial charge in [-0.25, -0.2) is 4.98 Å². The second-order valence-electron chi connectivity index (χ2n) is 4.28. The summed E-state index contributed by atoms with van der Waals surface area (Å²) >= 11 is 2.30. The zero-order valence-electron chi connectivity index (χ0n) is 9.89. The van der Waals surface area contributed by atoms with Crippen molar-refractivity contribution >= 4 is 39.6 Å². The first-order valence-corrected chi connectivity index (χ1v) is 6.73. The van der Waals surface area contributed by atoms with Crippen molar-refractivity contribution in [3.8, 4) is 5.69 Å². The van der Waals surface area contributed by atoms with Crippen molar-refractivity contribution in [3.63, 3.8) is 0 Å². The lowest BCUT2D eigenvalue weighted by atomic mass is 10.2. The first kappa shape index (κ1) is 11.5. The van der Waals surface area contributed by atoms with Gasteiger partial charge < -0.3 is 5.73 Å². The van der Waals surface area contributed by atoms with Crippen LogP contribution in [0.15, 0.2) is 42.5 Å². The summed E-state index contributed by atoms with van der Waals surface area (Å²) in [6.07, 6.45) is 0. The molecule has 0 saturated heterocycles. The quantitative estimate of drug-likeness (QED) is 0.683. The van der Waals surface area contributed by atoms with Crippen molar-refractivity contribution in [1.82, 2.24) is 9.55 Å². The van der Waals surface area contributed by atoms with Gasteiger partial charge in [0.15, 0.2) is 0 Å². The van der Waals surface area contributed by atoms with E-state index in [0.717, 1.165) is 16.7 Å². The summed E-state index contributed by atoms with van der Waals surface area (Å²) in [4.78, 5) is 4.40. The molecule has 0 aliphatic carbocycles. The fourth-order valence-electron chi connectivity index (χ4n) is 2.09. The van der Waals surface area contributed by atoms with Crippen LogP contribution in [0.1, 0.15) is 5.56 Å². The number of halogens is 1. The highest BCUT2D eigenvalue weighted by molar-refractivity contribution is 14.1. The summed E-state index contributed by atoms with van der Waals surface area (Å²) in [5.74, 6) is 0.526. The second kappa shape index (κ2) is 4.28. The van der Waals surface area contributed by atoms with Gasteiger partial charge in [0.1, 0.15) is 0 Å². The fourth-order valence-corrected chi connectivity index (χ4v) is 2.62. The standard InChI is InChI=1S/C14H12IN3/c1-9-5-6-12-13(7-9)18(14(16)17-12)11-4-2-3-10(15)8-11/h2-8H,1H3,(H2,16,17). The summed E-state index contributed by atoms with van der Waals surface area (Å²) in [5.41, 5.74) is 10.3. The van der Waals surface area contributed by atoms with E-state index in [2.05, 4.69) is 52.7 Å². The monoisotopic (exact) mass is 349 g/mol. The van der Waals surface area contributed by atoms with Crippen LogP contribution >= 0.6 is 22.6 Å². The minimum atomic E-state index is 0.526. The molecule has 0 unspecified atom stereocenters. The number of aryl methyl sites for hydroxylation is 1. The van der Waals surface area contributed by atoms with E-state index in [1.165, 1.54) is 9.13 Å². The molecule has 0 radical (unpaired) electrons. The molecule has 0 bridgehead atoms.